The minimum Gasteiger partial charge on any atom is -0.331 e. The average molecular weight is 425 g/mol. The third kappa shape index (κ3) is 7.48. The molecule has 0 radical (unpaired) electrons. The van der Waals surface area contributed by atoms with E-state index in [2.05, 4.69) is 11.9 Å². The van der Waals surface area contributed by atoms with E-state index in [1.165, 1.54) is 19.3 Å². The van der Waals surface area contributed by atoms with Gasteiger partial charge in [0, 0.05) is 28.7 Å². The van der Waals surface area contributed by atoms with Gasteiger partial charge in [0.25, 0.3) is 0 Å². The van der Waals surface area contributed by atoms with Crippen LogP contribution in [0.1, 0.15) is 64.2 Å². The maximum Gasteiger partial charge on any atom is 0.247 e. The summed E-state index contributed by atoms with van der Waals surface area (Å²) in [5.74, 6) is -0.0974. The van der Waals surface area contributed by atoms with Gasteiger partial charge in [-0.1, -0.05) is 55.0 Å². The highest BCUT2D eigenvalue weighted by atomic mass is 35.5. The normalized spacial score (nSPS) is 16.2. The number of nitrogens with zero attached hydrogens (tertiary/aromatic N) is 1. The first kappa shape index (κ1) is 22.8. The summed E-state index contributed by atoms with van der Waals surface area (Å²) in [7, 11) is 0. The van der Waals surface area contributed by atoms with Gasteiger partial charge in [-0.2, -0.15) is 0 Å². The zero-order valence-corrected chi connectivity index (χ0v) is 17.9. The second kappa shape index (κ2) is 12.1. The number of hydrogen-bond acceptors (Lipinski definition) is 2. The van der Waals surface area contributed by atoms with Crippen molar-refractivity contribution in [3.8, 4) is 0 Å². The van der Waals surface area contributed by atoms with Gasteiger partial charge in [0.15, 0.2) is 0 Å². The molecule has 2 amide bonds. The number of unbranched alkanes of at least 4 members (excludes halogenated alkanes) is 6. The van der Waals surface area contributed by atoms with E-state index in [-0.39, 0.29) is 11.8 Å². The van der Waals surface area contributed by atoms with Gasteiger partial charge in [0.2, 0.25) is 11.8 Å². The minimum absolute atomic E-state index is 0.0773. The van der Waals surface area contributed by atoms with Gasteiger partial charge < -0.3 is 10.2 Å². The quantitative estimate of drug-likeness (QED) is 0.338. The van der Waals surface area contributed by atoms with E-state index in [1.807, 2.05) is 6.08 Å². The van der Waals surface area contributed by atoms with Crippen molar-refractivity contribution in [2.75, 3.05) is 11.9 Å². The highest BCUT2D eigenvalue weighted by Crippen LogP contribution is 2.25. The molecule has 0 saturated carbocycles. The monoisotopic (exact) mass is 424 g/mol. The molecule has 28 heavy (non-hydrogen) atoms. The molecule has 1 N–H and O–H groups in total. The van der Waals surface area contributed by atoms with Gasteiger partial charge in [-0.15, -0.1) is 6.58 Å². The number of halogens is 2. The topological polar surface area (TPSA) is 49.4 Å². The summed E-state index contributed by atoms with van der Waals surface area (Å²) < 4.78 is 0. The SMILES string of the molecule is C=CCCCCCCCCC(=O)N1CCCC1C(=O)Nc1cc(Cl)cc(Cl)c1. The molecule has 2 rings (SSSR count). The Balaban J connectivity index is 1.75. The summed E-state index contributed by atoms with van der Waals surface area (Å²) in [4.78, 5) is 27.0. The minimum atomic E-state index is -0.413. The van der Waals surface area contributed by atoms with E-state index in [4.69, 9.17) is 23.2 Å². The first-order valence-corrected chi connectivity index (χ1v) is 10.9. The number of likely N-dealkylation sites (tertiary alicyclic amines) is 1. The van der Waals surface area contributed by atoms with Crippen LogP contribution >= 0.6 is 23.2 Å². The van der Waals surface area contributed by atoms with Crippen LogP contribution in [0.4, 0.5) is 5.69 Å². The largest absolute Gasteiger partial charge is 0.331 e. The fourth-order valence-electron chi connectivity index (χ4n) is 3.60. The molecule has 1 aliphatic rings. The number of anilines is 1. The van der Waals surface area contributed by atoms with E-state index in [0.29, 0.717) is 35.1 Å². The number of carbonyl (C=O) groups excluding carboxylic acids is 2. The van der Waals surface area contributed by atoms with Crippen molar-refractivity contribution in [3.05, 3.63) is 40.9 Å². The van der Waals surface area contributed by atoms with Crippen molar-refractivity contribution in [2.24, 2.45) is 0 Å². The number of carbonyl (C=O) groups is 2. The summed E-state index contributed by atoms with van der Waals surface area (Å²) in [5, 5.41) is 3.77. The fourth-order valence-corrected chi connectivity index (χ4v) is 4.13. The molecule has 154 valence electrons. The van der Waals surface area contributed by atoms with Gasteiger partial charge in [-0.25, -0.2) is 0 Å². The zero-order valence-electron chi connectivity index (χ0n) is 16.4. The molecule has 1 aliphatic heterocycles. The number of allylic oxidation sites excluding steroid dienone is 1. The van der Waals surface area contributed by atoms with Crippen molar-refractivity contribution in [1.29, 1.82) is 0 Å². The Kier molecular flexibility index (Phi) is 9.86. The first-order chi connectivity index (χ1) is 13.5. The Labute approximate surface area is 178 Å². The number of amides is 2. The number of hydrogen-bond donors (Lipinski definition) is 1. The molecule has 0 bridgehead atoms. The average Bonchev–Trinajstić information content (AvgIpc) is 3.13. The van der Waals surface area contributed by atoms with Crippen LogP contribution in [-0.2, 0) is 9.59 Å². The van der Waals surface area contributed by atoms with E-state index in [1.54, 1.807) is 23.1 Å². The smallest absolute Gasteiger partial charge is 0.247 e. The molecule has 1 fully saturated rings. The lowest BCUT2D eigenvalue weighted by atomic mass is 10.1. The van der Waals surface area contributed by atoms with Gasteiger partial charge in [-0.3, -0.25) is 9.59 Å². The second-order valence-electron chi connectivity index (χ2n) is 7.34. The first-order valence-electron chi connectivity index (χ1n) is 10.2. The predicted molar refractivity (Wildman–Crippen MR) is 117 cm³/mol. The van der Waals surface area contributed by atoms with Crippen molar-refractivity contribution in [3.63, 3.8) is 0 Å². The molecule has 1 saturated heterocycles. The molecule has 0 spiro atoms. The van der Waals surface area contributed by atoms with Crippen LogP contribution in [-0.4, -0.2) is 29.3 Å². The van der Waals surface area contributed by atoms with Crippen LogP contribution in [0.15, 0.2) is 30.9 Å². The summed E-state index contributed by atoms with van der Waals surface area (Å²) in [6.45, 7) is 4.38. The maximum atomic E-state index is 12.7. The molecular formula is C22H30Cl2N2O2. The standard InChI is InChI=1S/C22H30Cl2N2O2/c1-2-3-4-5-6-7-8-9-12-21(27)26-13-10-11-20(26)22(28)25-19-15-17(23)14-18(24)16-19/h2,14-16,20H,1,3-13H2,(H,25,28). The molecular weight excluding hydrogens is 395 g/mol. The van der Waals surface area contributed by atoms with E-state index in [0.717, 1.165) is 32.1 Å². The van der Waals surface area contributed by atoms with Crippen molar-refractivity contribution < 1.29 is 9.59 Å². The molecule has 1 aromatic rings. The number of benzene rings is 1. The summed E-state index contributed by atoms with van der Waals surface area (Å²) in [6, 6.07) is 4.51. The van der Waals surface area contributed by atoms with Crippen molar-refractivity contribution in [1.82, 2.24) is 4.90 Å². The van der Waals surface area contributed by atoms with Gasteiger partial charge in [0.1, 0.15) is 6.04 Å². The molecule has 6 heteroatoms. The fraction of sp³-hybridized carbons (Fsp3) is 0.545. The maximum absolute atomic E-state index is 12.7. The molecule has 0 aliphatic carbocycles. The van der Waals surface area contributed by atoms with Crippen molar-refractivity contribution >= 4 is 40.7 Å². The van der Waals surface area contributed by atoms with Gasteiger partial charge in [0.05, 0.1) is 0 Å². The molecule has 1 atom stereocenters. The third-order valence-electron chi connectivity index (χ3n) is 5.05. The third-order valence-corrected chi connectivity index (χ3v) is 5.49. The van der Waals surface area contributed by atoms with Crippen LogP contribution in [0.3, 0.4) is 0 Å². The molecule has 1 unspecified atom stereocenters. The van der Waals surface area contributed by atoms with Gasteiger partial charge in [-0.05, 0) is 50.3 Å². The van der Waals surface area contributed by atoms with Gasteiger partial charge >= 0.3 is 0 Å². The summed E-state index contributed by atoms with van der Waals surface area (Å²) in [6.07, 6.45) is 11.8. The van der Waals surface area contributed by atoms with E-state index < -0.39 is 6.04 Å². The molecule has 1 aromatic carbocycles. The Morgan fingerprint density at radius 2 is 1.71 bits per heavy atom. The van der Waals surface area contributed by atoms with E-state index in [9.17, 15) is 9.59 Å². The number of nitrogens with one attached hydrogen (secondary N) is 1. The highest BCUT2D eigenvalue weighted by molar-refractivity contribution is 6.35. The zero-order chi connectivity index (χ0) is 20.4. The summed E-state index contributed by atoms with van der Waals surface area (Å²) in [5.41, 5.74) is 0.554. The Hall–Kier alpha value is -1.52. The van der Waals surface area contributed by atoms with Crippen LogP contribution < -0.4 is 5.32 Å². The molecule has 0 aromatic heterocycles. The van der Waals surface area contributed by atoms with Crippen LogP contribution in [0.2, 0.25) is 10.0 Å². The second-order valence-corrected chi connectivity index (χ2v) is 8.21. The van der Waals surface area contributed by atoms with Crippen LogP contribution in [0.5, 0.6) is 0 Å². The Morgan fingerprint density at radius 1 is 1.07 bits per heavy atom. The highest BCUT2D eigenvalue weighted by Gasteiger charge is 2.33. The summed E-state index contributed by atoms with van der Waals surface area (Å²) >= 11 is 12.0. The Bertz CT molecular complexity index is 658. The Morgan fingerprint density at radius 3 is 2.39 bits per heavy atom. The predicted octanol–water partition coefficient (Wildman–Crippen LogP) is 6.23. The lowest BCUT2D eigenvalue weighted by Crippen LogP contribution is -2.43. The van der Waals surface area contributed by atoms with Crippen LogP contribution in [0.25, 0.3) is 0 Å². The van der Waals surface area contributed by atoms with E-state index >= 15 is 0 Å². The lowest BCUT2D eigenvalue weighted by Gasteiger charge is -2.24. The van der Waals surface area contributed by atoms with Crippen molar-refractivity contribution in [2.45, 2.75) is 70.3 Å². The van der Waals surface area contributed by atoms with Crippen LogP contribution in [0, 0.1) is 0 Å². The number of rotatable bonds is 11. The molecule has 4 nitrogen and oxygen atoms in total. The lowest BCUT2D eigenvalue weighted by molar-refractivity contribution is -0.136. The molecule has 1 heterocycles.